The Kier molecular flexibility index (Phi) is 5.86. The zero-order valence-electron chi connectivity index (χ0n) is 11.6. The molecule has 1 atom stereocenters. The van der Waals surface area contributed by atoms with Gasteiger partial charge in [-0.15, -0.1) is 0 Å². The smallest absolute Gasteiger partial charge is 0.222 e. The van der Waals surface area contributed by atoms with E-state index in [1.165, 1.54) is 11.1 Å². The van der Waals surface area contributed by atoms with Crippen molar-refractivity contribution in [1.29, 1.82) is 0 Å². The number of amides is 1. The van der Waals surface area contributed by atoms with E-state index in [0.29, 0.717) is 13.0 Å². The number of hydrogen-bond donors (Lipinski definition) is 1. The summed E-state index contributed by atoms with van der Waals surface area (Å²) in [5, 5.41) is 0. The molecule has 0 aliphatic heterocycles. The van der Waals surface area contributed by atoms with Crippen molar-refractivity contribution in [1.82, 2.24) is 4.90 Å². The average Bonchev–Trinajstić information content (AvgIpc) is 2.31. The highest BCUT2D eigenvalue weighted by Crippen LogP contribution is 2.11. The van der Waals surface area contributed by atoms with Crippen LogP contribution in [0.4, 0.5) is 0 Å². The Labute approximate surface area is 110 Å². The van der Waals surface area contributed by atoms with Crippen LogP contribution < -0.4 is 5.73 Å². The Balaban J connectivity index is 2.43. The topological polar surface area (TPSA) is 46.3 Å². The minimum absolute atomic E-state index is 0.180. The molecular weight excluding hydrogens is 224 g/mol. The molecule has 18 heavy (non-hydrogen) atoms. The molecule has 0 spiro atoms. The lowest BCUT2D eigenvalue weighted by atomic mass is 10.1. The van der Waals surface area contributed by atoms with Crippen LogP contribution in [-0.2, 0) is 11.3 Å². The maximum atomic E-state index is 11.9. The van der Waals surface area contributed by atoms with Gasteiger partial charge < -0.3 is 10.6 Å². The van der Waals surface area contributed by atoms with Gasteiger partial charge in [0.25, 0.3) is 0 Å². The second kappa shape index (κ2) is 7.17. The first-order valence-corrected chi connectivity index (χ1v) is 6.54. The van der Waals surface area contributed by atoms with Crippen LogP contribution in [0.1, 0.15) is 37.3 Å². The van der Waals surface area contributed by atoms with Crippen molar-refractivity contribution < 1.29 is 4.79 Å². The molecule has 0 aliphatic rings. The molecule has 3 heteroatoms. The van der Waals surface area contributed by atoms with E-state index in [1.807, 2.05) is 26.1 Å². The quantitative estimate of drug-likeness (QED) is 0.840. The fourth-order valence-electron chi connectivity index (χ4n) is 1.90. The molecule has 1 unspecified atom stereocenters. The third-order valence-corrected chi connectivity index (χ3v) is 3.14. The third-order valence-electron chi connectivity index (χ3n) is 3.14. The molecule has 1 rings (SSSR count). The largest absolute Gasteiger partial charge is 0.341 e. The predicted molar refractivity (Wildman–Crippen MR) is 75.2 cm³/mol. The molecule has 0 aromatic heterocycles. The van der Waals surface area contributed by atoms with Crippen molar-refractivity contribution in [3.05, 3.63) is 35.4 Å². The van der Waals surface area contributed by atoms with Gasteiger partial charge in [-0.2, -0.15) is 0 Å². The van der Waals surface area contributed by atoms with Crippen LogP contribution >= 0.6 is 0 Å². The van der Waals surface area contributed by atoms with Gasteiger partial charge in [0, 0.05) is 26.1 Å². The van der Waals surface area contributed by atoms with E-state index in [0.717, 1.165) is 12.8 Å². The first-order valence-electron chi connectivity index (χ1n) is 6.54. The van der Waals surface area contributed by atoms with Crippen LogP contribution in [0.2, 0.25) is 0 Å². The molecule has 0 saturated carbocycles. The first kappa shape index (κ1) is 14.7. The number of nitrogens with zero attached hydrogens (tertiary/aromatic N) is 1. The van der Waals surface area contributed by atoms with Gasteiger partial charge in [0.15, 0.2) is 0 Å². The maximum absolute atomic E-state index is 11.9. The Morgan fingerprint density at radius 2 is 2.06 bits per heavy atom. The van der Waals surface area contributed by atoms with Crippen LogP contribution in [0.25, 0.3) is 0 Å². The van der Waals surface area contributed by atoms with Crippen molar-refractivity contribution in [3.8, 4) is 0 Å². The molecular formula is C15H24N2O. The number of nitrogens with two attached hydrogens (primary N) is 1. The number of hydrogen-bond acceptors (Lipinski definition) is 2. The Bertz CT molecular complexity index is 388. The number of benzene rings is 1. The summed E-state index contributed by atoms with van der Waals surface area (Å²) in [6.07, 6.45) is 2.36. The summed E-state index contributed by atoms with van der Waals surface area (Å²) >= 11 is 0. The number of aryl methyl sites for hydroxylation is 1. The molecule has 0 bridgehead atoms. The number of carbonyl (C=O) groups excluding carboxylic acids is 1. The summed E-state index contributed by atoms with van der Waals surface area (Å²) in [6.45, 7) is 4.73. The zero-order valence-corrected chi connectivity index (χ0v) is 11.6. The summed E-state index contributed by atoms with van der Waals surface area (Å²) in [7, 11) is 1.86. The van der Waals surface area contributed by atoms with Gasteiger partial charge in [-0.1, -0.05) is 24.3 Å². The minimum atomic E-state index is 0.180. The van der Waals surface area contributed by atoms with Gasteiger partial charge in [0.2, 0.25) is 5.91 Å². The number of rotatable bonds is 6. The van der Waals surface area contributed by atoms with Gasteiger partial charge in [-0.25, -0.2) is 0 Å². The van der Waals surface area contributed by atoms with Crippen molar-refractivity contribution in [2.75, 3.05) is 7.05 Å². The Morgan fingerprint density at radius 3 is 2.67 bits per heavy atom. The van der Waals surface area contributed by atoms with E-state index in [1.54, 1.807) is 4.90 Å². The highest BCUT2D eigenvalue weighted by Gasteiger charge is 2.10. The van der Waals surface area contributed by atoms with Crippen molar-refractivity contribution in [3.63, 3.8) is 0 Å². The van der Waals surface area contributed by atoms with E-state index in [4.69, 9.17) is 5.73 Å². The average molecular weight is 248 g/mol. The first-order chi connectivity index (χ1) is 8.50. The molecule has 1 aromatic rings. The van der Waals surface area contributed by atoms with Gasteiger partial charge in [-0.05, 0) is 37.8 Å². The summed E-state index contributed by atoms with van der Waals surface area (Å²) in [5.74, 6) is 0.193. The fourth-order valence-corrected chi connectivity index (χ4v) is 1.90. The number of carbonyl (C=O) groups is 1. The van der Waals surface area contributed by atoms with E-state index in [2.05, 4.69) is 19.1 Å². The molecule has 100 valence electrons. The summed E-state index contributed by atoms with van der Waals surface area (Å²) < 4.78 is 0. The lowest BCUT2D eigenvalue weighted by Gasteiger charge is -2.18. The summed E-state index contributed by atoms with van der Waals surface area (Å²) in [6, 6.07) is 8.35. The van der Waals surface area contributed by atoms with Gasteiger partial charge >= 0.3 is 0 Å². The monoisotopic (exact) mass is 248 g/mol. The van der Waals surface area contributed by atoms with E-state index >= 15 is 0 Å². The second-order valence-corrected chi connectivity index (χ2v) is 5.05. The molecule has 0 fully saturated rings. The van der Waals surface area contributed by atoms with Crippen molar-refractivity contribution in [2.45, 2.75) is 45.7 Å². The van der Waals surface area contributed by atoms with Crippen LogP contribution in [0.15, 0.2) is 24.3 Å². The van der Waals surface area contributed by atoms with Crippen molar-refractivity contribution in [2.24, 2.45) is 5.73 Å². The molecule has 1 amide bonds. The van der Waals surface area contributed by atoms with Gasteiger partial charge in [0.05, 0.1) is 0 Å². The highest BCUT2D eigenvalue weighted by atomic mass is 16.2. The standard InChI is InChI=1S/C15H24N2O/c1-12-7-4-5-9-14(12)11-17(3)15(18)10-6-8-13(2)16/h4-5,7,9,13H,6,8,10-11,16H2,1-3H3. The molecule has 0 radical (unpaired) electrons. The van der Waals surface area contributed by atoms with Crippen LogP contribution in [-0.4, -0.2) is 23.9 Å². The minimum Gasteiger partial charge on any atom is -0.341 e. The van der Waals surface area contributed by atoms with E-state index < -0.39 is 0 Å². The molecule has 3 nitrogen and oxygen atoms in total. The van der Waals surface area contributed by atoms with Crippen LogP contribution in [0, 0.1) is 6.92 Å². The third kappa shape index (κ3) is 4.88. The van der Waals surface area contributed by atoms with Crippen molar-refractivity contribution >= 4 is 5.91 Å². The summed E-state index contributed by atoms with van der Waals surface area (Å²) in [5.41, 5.74) is 8.11. The van der Waals surface area contributed by atoms with E-state index in [-0.39, 0.29) is 11.9 Å². The zero-order chi connectivity index (χ0) is 13.5. The Hall–Kier alpha value is -1.35. The SMILES string of the molecule is Cc1ccccc1CN(C)C(=O)CCCC(C)N. The molecule has 0 aliphatic carbocycles. The maximum Gasteiger partial charge on any atom is 0.222 e. The molecule has 2 N–H and O–H groups in total. The molecule has 0 heterocycles. The van der Waals surface area contributed by atoms with Crippen LogP contribution in [0.3, 0.4) is 0 Å². The highest BCUT2D eigenvalue weighted by molar-refractivity contribution is 5.75. The second-order valence-electron chi connectivity index (χ2n) is 5.05. The molecule has 0 saturated heterocycles. The van der Waals surface area contributed by atoms with E-state index in [9.17, 15) is 4.79 Å². The normalized spacial score (nSPS) is 12.2. The lowest BCUT2D eigenvalue weighted by Crippen LogP contribution is -2.26. The molecule has 1 aromatic carbocycles. The van der Waals surface area contributed by atoms with Gasteiger partial charge in [-0.3, -0.25) is 4.79 Å². The van der Waals surface area contributed by atoms with Crippen LogP contribution in [0.5, 0.6) is 0 Å². The summed E-state index contributed by atoms with van der Waals surface area (Å²) in [4.78, 5) is 13.7. The lowest BCUT2D eigenvalue weighted by molar-refractivity contribution is -0.130. The fraction of sp³-hybridized carbons (Fsp3) is 0.533. The Morgan fingerprint density at radius 1 is 1.39 bits per heavy atom. The predicted octanol–water partition coefficient (Wildman–Crippen LogP) is 2.47. The van der Waals surface area contributed by atoms with Gasteiger partial charge in [0.1, 0.15) is 0 Å².